The zero-order chi connectivity index (χ0) is 27.4. The van der Waals surface area contributed by atoms with Crippen LogP contribution in [-0.4, -0.2) is 52.8 Å². The average molecular weight is 531 g/mol. The molecule has 2 aromatic carbocycles. The third-order valence-electron chi connectivity index (χ3n) is 8.45. The van der Waals surface area contributed by atoms with Gasteiger partial charge < -0.3 is 25.2 Å². The van der Waals surface area contributed by atoms with Crippen molar-refractivity contribution in [1.29, 1.82) is 0 Å². The number of aryl methyl sites for hydroxylation is 2. The molecule has 2 amide bonds. The van der Waals surface area contributed by atoms with Crippen LogP contribution < -0.4 is 15.5 Å². The lowest BCUT2D eigenvalue weighted by Gasteiger charge is -2.28. The molecule has 1 saturated carbocycles. The number of aliphatic hydroxyl groups is 1. The van der Waals surface area contributed by atoms with Gasteiger partial charge in [0.15, 0.2) is 0 Å². The van der Waals surface area contributed by atoms with Crippen LogP contribution in [-0.2, 0) is 24.7 Å². The Labute approximate surface area is 231 Å². The fraction of sp³-hybridized carbons (Fsp3) is 0.500. The summed E-state index contributed by atoms with van der Waals surface area (Å²) >= 11 is 0. The van der Waals surface area contributed by atoms with Crippen LogP contribution in [0.15, 0.2) is 48.7 Å². The summed E-state index contributed by atoms with van der Waals surface area (Å²) in [6.07, 6.45) is 10.1. The fourth-order valence-electron chi connectivity index (χ4n) is 6.26. The van der Waals surface area contributed by atoms with Crippen molar-refractivity contribution in [1.82, 2.24) is 15.2 Å². The Balaban J connectivity index is 1.42. The number of nitrogens with zero attached hydrogens (tertiary/aromatic N) is 2. The first-order valence-electron chi connectivity index (χ1n) is 14.6. The molecule has 0 unspecified atom stereocenters. The van der Waals surface area contributed by atoms with E-state index >= 15 is 0 Å². The number of amides is 2. The van der Waals surface area contributed by atoms with Crippen molar-refractivity contribution in [3.8, 4) is 0 Å². The minimum Gasteiger partial charge on any atom is -0.390 e. The van der Waals surface area contributed by atoms with Gasteiger partial charge in [0.2, 0.25) is 5.91 Å². The lowest BCUT2D eigenvalue weighted by atomic mass is 9.94. The predicted octanol–water partition coefficient (Wildman–Crippen LogP) is 4.49. The van der Waals surface area contributed by atoms with Crippen LogP contribution in [0.1, 0.15) is 73.4 Å². The second-order valence-electron chi connectivity index (χ2n) is 11.2. The van der Waals surface area contributed by atoms with Crippen molar-refractivity contribution in [2.24, 2.45) is 7.05 Å². The standard InChI is InChI=1S/C32H42N4O3/c1-3-23-21-35(2)31-26(23)18-24(19-28(31)36-16-10-15-30(36)38)32(39)34-27(17-22-11-6-4-7-12-22)29(37)20-33-25-13-8-5-9-14-25/h4,6-7,11-12,18-19,21,25,27,29,33,37H,3,5,8-10,13-17,20H2,1-2H3,(H,34,39)/t27-,29-/m0/s1. The second-order valence-corrected chi connectivity index (χ2v) is 11.2. The first-order chi connectivity index (χ1) is 18.9. The number of fused-ring (bicyclic) bond motifs is 1. The summed E-state index contributed by atoms with van der Waals surface area (Å²) in [5.74, 6) is -0.132. The lowest BCUT2D eigenvalue weighted by Crippen LogP contribution is -2.50. The molecule has 3 N–H and O–H groups in total. The van der Waals surface area contributed by atoms with Gasteiger partial charge in [-0.3, -0.25) is 9.59 Å². The van der Waals surface area contributed by atoms with E-state index in [9.17, 15) is 14.7 Å². The summed E-state index contributed by atoms with van der Waals surface area (Å²) < 4.78 is 2.07. The maximum Gasteiger partial charge on any atom is 0.251 e. The Morgan fingerprint density at radius 2 is 1.87 bits per heavy atom. The molecule has 2 aliphatic rings. The molecule has 0 bridgehead atoms. The minimum absolute atomic E-state index is 0.0965. The van der Waals surface area contributed by atoms with Crippen LogP contribution in [0, 0.1) is 0 Å². The van der Waals surface area contributed by atoms with Gasteiger partial charge in [-0.1, -0.05) is 56.5 Å². The number of anilines is 1. The summed E-state index contributed by atoms with van der Waals surface area (Å²) in [5, 5.41) is 19.0. The fourth-order valence-corrected chi connectivity index (χ4v) is 6.26. The Morgan fingerprint density at radius 1 is 1.10 bits per heavy atom. The highest BCUT2D eigenvalue weighted by Gasteiger charge is 2.28. The highest BCUT2D eigenvalue weighted by atomic mass is 16.3. The Morgan fingerprint density at radius 3 is 2.56 bits per heavy atom. The van der Waals surface area contributed by atoms with Crippen LogP contribution in [0.25, 0.3) is 10.9 Å². The van der Waals surface area contributed by atoms with Crippen LogP contribution >= 0.6 is 0 Å². The molecule has 1 saturated heterocycles. The highest BCUT2D eigenvalue weighted by molar-refractivity contribution is 6.08. The van der Waals surface area contributed by atoms with Crippen LogP contribution in [0.5, 0.6) is 0 Å². The third-order valence-corrected chi connectivity index (χ3v) is 8.45. The maximum atomic E-state index is 13.8. The zero-order valence-corrected chi connectivity index (χ0v) is 23.3. The highest BCUT2D eigenvalue weighted by Crippen LogP contribution is 2.34. The smallest absolute Gasteiger partial charge is 0.251 e. The molecule has 5 rings (SSSR count). The molecule has 1 aromatic heterocycles. The Bertz CT molecular complexity index is 1300. The molecule has 0 radical (unpaired) electrons. The average Bonchev–Trinajstić information content (AvgIpc) is 3.54. The van der Waals surface area contributed by atoms with Gasteiger partial charge in [-0.15, -0.1) is 0 Å². The van der Waals surface area contributed by atoms with E-state index in [0.717, 1.165) is 53.4 Å². The Kier molecular flexibility index (Phi) is 8.68. The molecule has 7 nitrogen and oxygen atoms in total. The van der Waals surface area contributed by atoms with Crippen molar-refractivity contribution in [2.45, 2.75) is 82.9 Å². The van der Waals surface area contributed by atoms with Crippen molar-refractivity contribution in [2.75, 3.05) is 18.0 Å². The van der Waals surface area contributed by atoms with E-state index in [1.54, 1.807) is 0 Å². The maximum absolute atomic E-state index is 13.8. The molecular weight excluding hydrogens is 488 g/mol. The van der Waals surface area contributed by atoms with Gasteiger partial charge in [0, 0.05) is 49.7 Å². The zero-order valence-electron chi connectivity index (χ0n) is 23.3. The summed E-state index contributed by atoms with van der Waals surface area (Å²) in [4.78, 5) is 28.4. The van der Waals surface area contributed by atoms with E-state index < -0.39 is 12.1 Å². The lowest BCUT2D eigenvalue weighted by molar-refractivity contribution is -0.117. The number of nitrogens with one attached hydrogen (secondary N) is 2. The number of rotatable bonds is 10. The summed E-state index contributed by atoms with van der Waals surface area (Å²) in [7, 11) is 2.00. The number of aromatic nitrogens is 1. The van der Waals surface area contributed by atoms with Gasteiger partial charge in [0.05, 0.1) is 23.3 Å². The quantitative estimate of drug-likeness (QED) is 0.361. The van der Waals surface area contributed by atoms with E-state index in [1.165, 1.54) is 19.3 Å². The number of benzene rings is 2. The van der Waals surface area contributed by atoms with Crippen LogP contribution in [0.3, 0.4) is 0 Å². The van der Waals surface area contributed by atoms with Gasteiger partial charge in [0.1, 0.15) is 0 Å². The number of carbonyl (C=O) groups is 2. The predicted molar refractivity (Wildman–Crippen MR) is 156 cm³/mol. The monoisotopic (exact) mass is 530 g/mol. The third kappa shape index (κ3) is 6.20. The van der Waals surface area contributed by atoms with E-state index in [0.29, 0.717) is 37.5 Å². The second kappa shape index (κ2) is 12.3. The first-order valence-corrected chi connectivity index (χ1v) is 14.6. The summed E-state index contributed by atoms with van der Waals surface area (Å²) in [5.41, 5.74) is 4.50. The van der Waals surface area contributed by atoms with Gasteiger partial charge in [-0.05, 0) is 55.4 Å². The van der Waals surface area contributed by atoms with Gasteiger partial charge >= 0.3 is 0 Å². The van der Waals surface area contributed by atoms with Crippen molar-refractivity contribution in [3.63, 3.8) is 0 Å². The molecule has 208 valence electrons. The van der Waals surface area contributed by atoms with Crippen LogP contribution in [0.4, 0.5) is 5.69 Å². The number of aliphatic hydroxyl groups excluding tert-OH is 1. The molecule has 1 aliphatic heterocycles. The first kappa shape index (κ1) is 27.4. The number of hydrogen-bond donors (Lipinski definition) is 3. The van der Waals surface area contributed by atoms with E-state index in [-0.39, 0.29) is 11.8 Å². The molecule has 2 heterocycles. The minimum atomic E-state index is -0.734. The topological polar surface area (TPSA) is 86.6 Å². The summed E-state index contributed by atoms with van der Waals surface area (Å²) in [6, 6.07) is 13.8. The molecule has 7 heteroatoms. The summed E-state index contributed by atoms with van der Waals surface area (Å²) in [6.45, 7) is 3.20. The molecule has 2 atom stereocenters. The SMILES string of the molecule is CCc1cn(C)c2c(N3CCCC3=O)cc(C(=O)N[C@@H](Cc3ccccc3)[C@@H](O)CNC3CCCCC3)cc12. The normalized spacial score (nSPS) is 18.0. The van der Waals surface area contributed by atoms with E-state index in [2.05, 4.69) is 28.3 Å². The van der Waals surface area contributed by atoms with Crippen LogP contribution in [0.2, 0.25) is 0 Å². The van der Waals surface area contributed by atoms with Crippen molar-refractivity contribution >= 4 is 28.4 Å². The van der Waals surface area contributed by atoms with Gasteiger partial charge in [0.25, 0.3) is 5.91 Å². The van der Waals surface area contributed by atoms with Gasteiger partial charge in [-0.25, -0.2) is 0 Å². The molecular formula is C32H42N4O3. The molecule has 3 aromatic rings. The number of carbonyl (C=O) groups excluding carboxylic acids is 2. The molecule has 0 spiro atoms. The number of hydrogen-bond acceptors (Lipinski definition) is 4. The molecule has 39 heavy (non-hydrogen) atoms. The van der Waals surface area contributed by atoms with E-state index in [1.807, 2.05) is 54.4 Å². The van der Waals surface area contributed by atoms with Crippen molar-refractivity contribution < 1.29 is 14.7 Å². The van der Waals surface area contributed by atoms with Gasteiger partial charge in [-0.2, -0.15) is 0 Å². The molecule has 1 aliphatic carbocycles. The Hall–Kier alpha value is -3.16. The van der Waals surface area contributed by atoms with Crippen molar-refractivity contribution in [3.05, 3.63) is 65.4 Å². The van der Waals surface area contributed by atoms with E-state index in [4.69, 9.17) is 0 Å². The molecule has 2 fully saturated rings. The largest absolute Gasteiger partial charge is 0.390 e.